The van der Waals surface area contributed by atoms with Crippen molar-refractivity contribution in [3.63, 3.8) is 0 Å². The number of nitrogens with one attached hydrogen (secondary N) is 1. The van der Waals surface area contributed by atoms with Crippen molar-refractivity contribution in [3.8, 4) is 5.82 Å². The third-order valence-corrected chi connectivity index (χ3v) is 4.21. The van der Waals surface area contributed by atoms with Crippen molar-refractivity contribution in [2.45, 2.75) is 13.8 Å². The highest BCUT2D eigenvalue weighted by Crippen LogP contribution is 2.20. The number of anilines is 1. The number of benzene rings is 1. The van der Waals surface area contributed by atoms with E-state index in [1.807, 2.05) is 32.0 Å². The highest BCUT2D eigenvalue weighted by molar-refractivity contribution is 9.10. The lowest BCUT2D eigenvalue weighted by atomic mass is 10.3. The second-order valence-electron chi connectivity index (χ2n) is 5.30. The SMILES string of the molecule is Cc1cc(C)n(-c2ccc(Cl)c(C(=O)Nc3ccc(Br)cc3)n2)n1. The van der Waals surface area contributed by atoms with E-state index >= 15 is 0 Å². The third-order valence-electron chi connectivity index (χ3n) is 3.38. The Morgan fingerprint density at radius 3 is 2.50 bits per heavy atom. The largest absolute Gasteiger partial charge is 0.321 e. The average molecular weight is 406 g/mol. The summed E-state index contributed by atoms with van der Waals surface area (Å²) in [6.07, 6.45) is 0. The Labute approximate surface area is 152 Å². The maximum atomic E-state index is 12.5. The smallest absolute Gasteiger partial charge is 0.275 e. The minimum absolute atomic E-state index is 0.157. The van der Waals surface area contributed by atoms with Crippen LogP contribution in [0.5, 0.6) is 0 Å². The molecule has 0 aliphatic heterocycles. The molecule has 0 aliphatic rings. The van der Waals surface area contributed by atoms with Gasteiger partial charge in [0.1, 0.15) is 5.69 Å². The van der Waals surface area contributed by atoms with E-state index < -0.39 is 0 Å². The first kappa shape index (κ1) is 16.7. The summed E-state index contributed by atoms with van der Waals surface area (Å²) >= 11 is 9.51. The normalized spacial score (nSPS) is 10.7. The molecule has 0 bridgehead atoms. The fraction of sp³-hybridized carbons (Fsp3) is 0.118. The number of halogens is 2. The van der Waals surface area contributed by atoms with Crippen LogP contribution in [-0.2, 0) is 0 Å². The van der Waals surface area contributed by atoms with Gasteiger partial charge in [-0.25, -0.2) is 9.67 Å². The Kier molecular flexibility index (Phi) is 4.69. The maximum absolute atomic E-state index is 12.5. The molecule has 3 rings (SSSR count). The van der Waals surface area contributed by atoms with Crippen molar-refractivity contribution in [1.29, 1.82) is 0 Å². The zero-order valence-electron chi connectivity index (χ0n) is 13.0. The zero-order valence-corrected chi connectivity index (χ0v) is 15.4. The molecule has 0 spiro atoms. The fourth-order valence-corrected chi connectivity index (χ4v) is 2.75. The quantitative estimate of drug-likeness (QED) is 0.695. The van der Waals surface area contributed by atoms with E-state index in [-0.39, 0.29) is 16.6 Å². The van der Waals surface area contributed by atoms with Crippen LogP contribution in [0, 0.1) is 13.8 Å². The molecule has 5 nitrogen and oxygen atoms in total. The molecular formula is C17H14BrClN4O. The van der Waals surface area contributed by atoms with E-state index in [1.165, 1.54) is 0 Å². The van der Waals surface area contributed by atoms with Gasteiger partial charge in [0.05, 0.1) is 10.7 Å². The van der Waals surface area contributed by atoms with Gasteiger partial charge in [0, 0.05) is 15.9 Å². The van der Waals surface area contributed by atoms with Crippen LogP contribution in [0.25, 0.3) is 5.82 Å². The Balaban J connectivity index is 1.92. The van der Waals surface area contributed by atoms with Gasteiger partial charge in [-0.15, -0.1) is 0 Å². The van der Waals surface area contributed by atoms with Gasteiger partial charge in [0.2, 0.25) is 0 Å². The minimum atomic E-state index is -0.370. The molecular weight excluding hydrogens is 392 g/mol. The summed E-state index contributed by atoms with van der Waals surface area (Å²) in [5, 5.41) is 7.45. The summed E-state index contributed by atoms with van der Waals surface area (Å²) in [6, 6.07) is 12.6. The molecule has 0 fully saturated rings. The monoisotopic (exact) mass is 404 g/mol. The van der Waals surface area contributed by atoms with Gasteiger partial charge >= 0.3 is 0 Å². The number of nitrogens with zero attached hydrogens (tertiary/aromatic N) is 3. The fourth-order valence-electron chi connectivity index (χ4n) is 2.29. The molecule has 0 unspecified atom stereocenters. The Morgan fingerprint density at radius 1 is 1.17 bits per heavy atom. The Hall–Kier alpha value is -2.18. The molecule has 0 atom stereocenters. The predicted molar refractivity (Wildman–Crippen MR) is 97.9 cm³/mol. The lowest BCUT2D eigenvalue weighted by molar-refractivity contribution is 0.102. The van der Waals surface area contributed by atoms with E-state index in [2.05, 4.69) is 31.3 Å². The first-order chi connectivity index (χ1) is 11.4. The topological polar surface area (TPSA) is 59.8 Å². The van der Waals surface area contributed by atoms with Gasteiger partial charge in [0.25, 0.3) is 5.91 Å². The van der Waals surface area contributed by atoms with Crippen LogP contribution >= 0.6 is 27.5 Å². The molecule has 122 valence electrons. The minimum Gasteiger partial charge on any atom is -0.321 e. The third kappa shape index (κ3) is 3.49. The number of amides is 1. The van der Waals surface area contributed by atoms with E-state index in [0.717, 1.165) is 15.9 Å². The molecule has 0 radical (unpaired) electrons. The standard InChI is InChI=1S/C17H14BrClN4O/c1-10-9-11(2)23(22-10)15-8-7-14(19)16(21-15)17(24)20-13-5-3-12(18)4-6-13/h3-9H,1-2H3,(H,20,24). The summed E-state index contributed by atoms with van der Waals surface area (Å²) in [7, 11) is 0. The molecule has 0 aliphatic carbocycles. The van der Waals surface area contributed by atoms with Crippen molar-refractivity contribution in [2.75, 3.05) is 5.32 Å². The van der Waals surface area contributed by atoms with Crippen LogP contribution in [0.3, 0.4) is 0 Å². The van der Waals surface area contributed by atoms with Crippen molar-refractivity contribution >= 4 is 39.1 Å². The summed E-state index contributed by atoms with van der Waals surface area (Å²) in [5.41, 5.74) is 2.63. The van der Waals surface area contributed by atoms with Crippen molar-refractivity contribution < 1.29 is 4.79 Å². The molecule has 3 aromatic rings. The molecule has 1 aromatic carbocycles. The Morgan fingerprint density at radius 2 is 1.88 bits per heavy atom. The van der Waals surface area contributed by atoms with Crippen LogP contribution in [0.4, 0.5) is 5.69 Å². The van der Waals surface area contributed by atoms with Gasteiger partial charge in [-0.3, -0.25) is 4.79 Å². The number of aromatic nitrogens is 3. The number of rotatable bonds is 3. The summed E-state index contributed by atoms with van der Waals surface area (Å²) < 4.78 is 2.62. The van der Waals surface area contributed by atoms with Gasteiger partial charge < -0.3 is 5.32 Å². The number of aryl methyl sites for hydroxylation is 2. The summed E-state index contributed by atoms with van der Waals surface area (Å²) in [4.78, 5) is 16.9. The zero-order chi connectivity index (χ0) is 17.3. The Bertz CT molecular complexity index is 905. The number of carbonyl (C=O) groups is 1. The second kappa shape index (κ2) is 6.75. The number of hydrogen-bond donors (Lipinski definition) is 1. The van der Waals surface area contributed by atoms with Gasteiger partial charge in [-0.05, 0) is 56.3 Å². The lowest BCUT2D eigenvalue weighted by Gasteiger charge is -2.09. The summed E-state index contributed by atoms with van der Waals surface area (Å²) in [6.45, 7) is 3.83. The lowest BCUT2D eigenvalue weighted by Crippen LogP contribution is -2.16. The van der Waals surface area contributed by atoms with Gasteiger partial charge in [-0.1, -0.05) is 27.5 Å². The average Bonchev–Trinajstić information content (AvgIpc) is 2.88. The highest BCUT2D eigenvalue weighted by atomic mass is 79.9. The number of carbonyl (C=O) groups excluding carboxylic acids is 1. The van der Waals surface area contributed by atoms with Crippen molar-refractivity contribution in [3.05, 3.63) is 69.0 Å². The highest BCUT2D eigenvalue weighted by Gasteiger charge is 2.15. The van der Waals surface area contributed by atoms with Crippen LogP contribution in [0.1, 0.15) is 21.9 Å². The van der Waals surface area contributed by atoms with E-state index in [1.54, 1.807) is 28.9 Å². The van der Waals surface area contributed by atoms with Crippen molar-refractivity contribution in [2.24, 2.45) is 0 Å². The number of pyridine rings is 1. The van der Waals surface area contributed by atoms with Gasteiger partial charge in [-0.2, -0.15) is 5.10 Å². The second-order valence-corrected chi connectivity index (χ2v) is 6.62. The van der Waals surface area contributed by atoms with Crippen LogP contribution in [0.15, 0.2) is 46.9 Å². The molecule has 0 saturated heterocycles. The molecule has 2 heterocycles. The van der Waals surface area contributed by atoms with E-state index in [0.29, 0.717) is 11.5 Å². The molecule has 7 heteroatoms. The molecule has 2 aromatic heterocycles. The van der Waals surface area contributed by atoms with Gasteiger partial charge in [0.15, 0.2) is 5.82 Å². The predicted octanol–water partition coefficient (Wildman–Crippen LogP) is 4.55. The first-order valence-electron chi connectivity index (χ1n) is 7.21. The van der Waals surface area contributed by atoms with Crippen LogP contribution in [0.2, 0.25) is 5.02 Å². The van der Waals surface area contributed by atoms with Crippen LogP contribution < -0.4 is 5.32 Å². The summed E-state index contributed by atoms with van der Waals surface area (Å²) in [5.74, 6) is 0.177. The maximum Gasteiger partial charge on any atom is 0.275 e. The molecule has 0 saturated carbocycles. The van der Waals surface area contributed by atoms with Crippen molar-refractivity contribution in [1.82, 2.24) is 14.8 Å². The van der Waals surface area contributed by atoms with Crippen LogP contribution in [-0.4, -0.2) is 20.7 Å². The molecule has 24 heavy (non-hydrogen) atoms. The number of hydrogen-bond acceptors (Lipinski definition) is 3. The van der Waals surface area contributed by atoms with E-state index in [9.17, 15) is 4.79 Å². The van der Waals surface area contributed by atoms with E-state index in [4.69, 9.17) is 11.6 Å². The molecule has 1 N–H and O–H groups in total. The first-order valence-corrected chi connectivity index (χ1v) is 8.38. The molecule has 1 amide bonds.